The molecule has 0 atom stereocenters. The second-order valence-electron chi connectivity index (χ2n) is 3.72. The summed E-state index contributed by atoms with van der Waals surface area (Å²) in [6.45, 7) is 1.61. The van der Waals surface area contributed by atoms with Gasteiger partial charge in [-0.05, 0) is 46.6 Å². The lowest BCUT2D eigenvalue weighted by Crippen LogP contribution is -2.15. The second-order valence-corrected chi connectivity index (χ2v) is 4.58. The van der Waals surface area contributed by atoms with Crippen LogP contribution in [0.4, 0.5) is 10.2 Å². The summed E-state index contributed by atoms with van der Waals surface area (Å²) in [5, 5.41) is 2.56. The lowest BCUT2D eigenvalue weighted by Gasteiger charge is -2.07. The number of nitrogens with one attached hydrogen (secondary N) is 1. The summed E-state index contributed by atoms with van der Waals surface area (Å²) in [7, 11) is 0. The smallest absolute Gasteiger partial charge is 0.259 e. The van der Waals surface area contributed by atoms with Crippen LogP contribution in [-0.2, 0) is 0 Å². The van der Waals surface area contributed by atoms with E-state index in [0.717, 1.165) is 0 Å². The molecule has 1 aromatic carbocycles. The Hall–Kier alpha value is -1.75. The first-order chi connectivity index (χ1) is 8.59. The van der Waals surface area contributed by atoms with E-state index >= 15 is 0 Å². The predicted octanol–water partition coefficient (Wildman–Crippen LogP) is 3.54. The fourth-order valence-electron chi connectivity index (χ4n) is 1.48. The van der Waals surface area contributed by atoms with Gasteiger partial charge in [-0.1, -0.05) is 12.1 Å². The molecule has 0 unspecified atom stereocenters. The molecular weight excluding hydrogens is 299 g/mol. The van der Waals surface area contributed by atoms with E-state index in [1.165, 1.54) is 6.07 Å². The maximum Gasteiger partial charge on any atom is 0.259 e. The van der Waals surface area contributed by atoms with Gasteiger partial charge in [0.1, 0.15) is 11.6 Å². The molecule has 0 saturated carbocycles. The van der Waals surface area contributed by atoms with Gasteiger partial charge in [0.05, 0.1) is 10.0 Å². The molecule has 0 aliphatic heterocycles. The van der Waals surface area contributed by atoms with Crippen LogP contribution in [0, 0.1) is 12.7 Å². The quantitative estimate of drug-likeness (QED) is 0.922. The van der Waals surface area contributed by atoms with Crippen LogP contribution in [0.25, 0.3) is 0 Å². The van der Waals surface area contributed by atoms with Crippen LogP contribution in [-0.4, -0.2) is 10.9 Å². The Balaban J connectivity index is 2.28. The number of hydrogen-bond donors (Lipinski definition) is 1. The number of hydrogen-bond acceptors (Lipinski definition) is 2. The molecule has 0 radical (unpaired) electrons. The van der Waals surface area contributed by atoms with Crippen molar-refractivity contribution in [2.75, 3.05) is 5.32 Å². The topological polar surface area (TPSA) is 42.0 Å². The van der Waals surface area contributed by atoms with Crippen LogP contribution < -0.4 is 5.32 Å². The molecule has 0 saturated heterocycles. The standard InChI is InChI=1S/C13H10BrFN2O/c1-8-4-2-5-9(11(8)15)13(18)17-12-10(14)6-3-7-16-12/h2-7H,1H3,(H,16,17,18). The highest BCUT2D eigenvalue weighted by Crippen LogP contribution is 2.20. The molecule has 0 spiro atoms. The fourth-order valence-corrected chi connectivity index (χ4v) is 1.83. The van der Waals surface area contributed by atoms with Gasteiger partial charge in [0.2, 0.25) is 0 Å². The van der Waals surface area contributed by atoms with E-state index < -0.39 is 11.7 Å². The minimum Gasteiger partial charge on any atom is -0.306 e. The highest BCUT2D eigenvalue weighted by atomic mass is 79.9. The van der Waals surface area contributed by atoms with E-state index in [1.54, 1.807) is 37.4 Å². The molecule has 2 aromatic rings. The lowest BCUT2D eigenvalue weighted by molar-refractivity contribution is 0.102. The number of benzene rings is 1. The molecule has 92 valence electrons. The van der Waals surface area contributed by atoms with Crippen LogP contribution in [0.2, 0.25) is 0 Å². The maximum atomic E-state index is 13.8. The van der Waals surface area contributed by atoms with Crippen molar-refractivity contribution >= 4 is 27.7 Å². The summed E-state index contributed by atoms with van der Waals surface area (Å²) in [5.41, 5.74) is 0.440. The first-order valence-corrected chi connectivity index (χ1v) is 6.06. The van der Waals surface area contributed by atoms with Crippen molar-refractivity contribution in [2.24, 2.45) is 0 Å². The molecule has 0 bridgehead atoms. The molecule has 18 heavy (non-hydrogen) atoms. The third-order valence-corrected chi connectivity index (χ3v) is 3.07. The van der Waals surface area contributed by atoms with Crippen LogP contribution in [0.1, 0.15) is 15.9 Å². The number of anilines is 1. The van der Waals surface area contributed by atoms with Crippen LogP contribution in [0.5, 0.6) is 0 Å². The number of halogens is 2. The van der Waals surface area contributed by atoms with Crippen molar-refractivity contribution in [2.45, 2.75) is 6.92 Å². The average molecular weight is 309 g/mol. The highest BCUT2D eigenvalue weighted by Gasteiger charge is 2.14. The predicted molar refractivity (Wildman–Crippen MR) is 71.0 cm³/mol. The summed E-state index contributed by atoms with van der Waals surface area (Å²) in [5.74, 6) is -0.666. The van der Waals surface area contributed by atoms with Crippen LogP contribution in [0.3, 0.4) is 0 Å². The van der Waals surface area contributed by atoms with Gasteiger partial charge in [-0.15, -0.1) is 0 Å². The Kier molecular flexibility index (Phi) is 3.72. The zero-order valence-electron chi connectivity index (χ0n) is 9.58. The van der Waals surface area contributed by atoms with Gasteiger partial charge < -0.3 is 5.32 Å². The van der Waals surface area contributed by atoms with Crippen molar-refractivity contribution in [3.63, 3.8) is 0 Å². The normalized spacial score (nSPS) is 10.2. The Morgan fingerprint density at radius 3 is 2.83 bits per heavy atom. The fraction of sp³-hybridized carbons (Fsp3) is 0.0769. The van der Waals surface area contributed by atoms with E-state index in [-0.39, 0.29) is 5.56 Å². The molecule has 0 aliphatic carbocycles. The van der Waals surface area contributed by atoms with E-state index in [2.05, 4.69) is 26.2 Å². The first-order valence-electron chi connectivity index (χ1n) is 5.26. The van der Waals surface area contributed by atoms with Gasteiger partial charge in [0.15, 0.2) is 0 Å². The van der Waals surface area contributed by atoms with E-state index in [9.17, 15) is 9.18 Å². The van der Waals surface area contributed by atoms with E-state index in [4.69, 9.17) is 0 Å². The Morgan fingerprint density at radius 1 is 1.33 bits per heavy atom. The molecule has 3 nitrogen and oxygen atoms in total. The number of pyridine rings is 1. The van der Waals surface area contributed by atoms with Crippen molar-refractivity contribution in [1.29, 1.82) is 0 Å². The third kappa shape index (κ3) is 2.56. The number of carbonyl (C=O) groups is 1. The van der Waals surface area contributed by atoms with Crippen molar-refractivity contribution < 1.29 is 9.18 Å². The van der Waals surface area contributed by atoms with Gasteiger partial charge in [0, 0.05) is 6.20 Å². The number of carbonyl (C=O) groups excluding carboxylic acids is 1. The number of nitrogens with zero attached hydrogens (tertiary/aromatic N) is 1. The minimum absolute atomic E-state index is 0.00699. The summed E-state index contributed by atoms with van der Waals surface area (Å²) in [6, 6.07) is 8.17. The largest absolute Gasteiger partial charge is 0.306 e. The molecule has 5 heteroatoms. The zero-order valence-corrected chi connectivity index (χ0v) is 11.2. The highest BCUT2D eigenvalue weighted by molar-refractivity contribution is 9.10. The molecular formula is C13H10BrFN2O. The molecule has 0 fully saturated rings. The van der Waals surface area contributed by atoms with Crippen LogP contribution in [0.15, 0.2) is 41.0 Å². The van der Waals surface area contributed by atoms with Crippen molar-refractivity contribution in [1.82, 2.24) is 4.98 Å². The van der Waals surface area contributed by atoms with Crippen molar-refractivity contribution in [3.05, 3.63) is 57.9 Å². The van der Waals surface area contributed by atoms with E-state index in [1.807, 2.05) is 0 Å². The molecule has 2 rings (SSSR count). The summed E-state index contributed by atoms with van der Waals surface area (Å²) < 4.78 is 14.4. The summed E-state index contributed by atoms with van der Waals surface area (Å²) in [6.07, 6.45) is 1.55. The molecule has 0 aliphatic rings. The Labute approximate surface area is 112 Å². The Bertz CT molecular complexity index is 601. The number of amides is 1. The van der Waals surface area contributed by atoms with E-state index in [0.29, 0.717) is 15.9 Å². The van der Waals surface area contributed by atoms with Gasteiger partial charge in [-0.25, -0.2) is 9.37 Å². The molecule has 1 N–H and O–H groups in total. The first kappa shape index (κ1) is 12.7. The summed E-state index contributed by atoms with van der Waals surface area (Å²) in [4.78, 5) is 15.9. The van der Waals surface area contributed by atoms with Gasteiger partial charge in [-0.2, -0.15) is 0 Å². The van der Waals surface area contributed by atoms with Crippen LogP contribution >= 0.6 is 15.9 Å². The van der Waals surface area contributed by atoms with Gasteiger partial charge in [0.25, 0.3) is 5.91 Å². The molecule has 1 amide bonds. The SMILES string of the molecule is Cc1cccc(C(=O)Nc2ncccc2Br)c1F. The Morgan fingerprint density at radius 2 is 2.11 bits per heavy atom. The van der Waals surface area contributed by atoms with Gasteiger partial charge in [-0.3, -0.25) is 4.79 Å². The molecule has 1 aromatic heterocycles. The van der Waals surface area contributed by atoms with Crippen molar-refractivity contribution in [3.8, 4) is 0 Å². The minimum atomic E-state index is -0.518. The number of aryl methyl sites for hydroxylation is 1. The lowest BCUT2D eigenvalue weighted by atomic mass is 10.1. The second kappa shape index (κ2) is 5.27. The summed E-state index contributed by atoms with van der Waals surface area (Å²) >= 11 is 3.26. The maximum absolute atomic E-state index is 13.8. The number of rotatable bonds is 2. The average Bonchev–Trinajstić information content (AvgIpc) is 2.35. The van der Waals surface area contributed by atoms with Gasteiger partial charge >= 0.3 is 0 Å². The zero-order chi connectivity index (χ0) is 13.1. The monoisotopic (exact) mass is 308 g/mol. The third-order valence-electron chi connectivity index (χ3n) is 2.43. The number of aromatic nitrogens is 1. The molecule has 1 heterocycles.